The van der Waals surface area contributed by atoms with Gasteiger partial charge in [0.2, 0.25) is 0 Å². The van der Waals surface area contributed by atoms with Crippen molar-refractivity contribution >= 4 is 12.0 Å². The molecule has 114 valence electrons. The number of aliphatic carboxylic acids is 1. The number of carboxylic acids is 1. The van der Waals surface area contributed by atoms with Crippen molar-refractivity contribution in [3.05, 3.63) is 35.9 Å². The van der Waals surface area contributed by atoms with E-state index in [-0.39, 0.29) is 19.1 Å². The summed E-state index contributed by atoms with van der Waals surface area (Å²) in [5, 5.41) is 21.0. The zero-order chi connectivity index (χ0) is 15.2. The van der Waals surface area contributed by atoms with Crippen LogP contribution in [-0.4, -0.2) is 52.3 Å². The molecule has 0 spiro atoms. The van der Waals surface area contributed by atoms with E-state index in [4.69, 9.17) is 0 Å². The predicted octanol–water partition coefficient (Wildman–Crippen LogP) is 0.849. The number of nitrogens with zero attached hydrogens (tertiary/aromatic N) is 1. The van der Waals surface area contributed by atoms with Gasteiger partial charge >= 0.3 is 12.0 Å². The van der Waals surface area contributed by atoms with Crippen molar-refractivity contribution in [2.45, 2.75) is 31.3 Å². The molecule has 1 aromatic carbocycles. The maximum absolute atomic E-state index is 12.2. The van der Waals surface area contributed by atoms with Crippen molar-refractivity contribution in [1.82, 2.24) is 10.2 Å². The largest absolute Gasteiger partial charge is 0.480 e. The fourth-order valence-electron chi connectivity index (χ4n) is 2.57. The molecular weight excluding hydrogens is 272 g/mol. The lowest BCUT2D eigenvalue weighted by Crippen LogP contribution is -2.50. The minimum absolute atomic E-state index is 0.0934. The zero-order valence-electron chi connectivity index (χ0n) is 11.7. The van der Waals surface area contributed by atoms with Crippen LogP contribution in [0.15, 0.2) is 30.3 Å². The monoisotopic (exact) mass is 292 g/mol. The topological polar surface area (TPSA) is 89.9 Å². The minimum atomic E-state index is -1.06. The van der Waals surface area contributed by atoms with Crippen LogP contribution in [0.4, 0.5) is 4.79 Å². The summed E-state index contributed by atoms with van der Waals surface area (Å²) in [6.07, 6.45) is 1.81. The molecule has 1 aromatic rings. The van der Waals surface area contributed by atoms with Crippen LogP contribution >= 0.6 is 0 Å². The van der Waals surface area contributed by atoms with E-state index in [0.29, 0.717) is 6.54 Å². The van der Waals surface area contributed by atoms with Crippen LogP contribution in [-0.2, 0) is 11.2 Å². The molecule has 1 aliphatic heterocycles. The summed E-state index contributed by atoms with van der Waals surface area (Å²) in [6.45, 7) is 0.457. The Hall–Kier alpha value is -2.08. The molecule has 1 fully saturated rings. The number of aliphatic hydroxyl groups excluding tert-OH is 1. The molecule has 0 aliphatic carbocycles. The van der Waals surface area contributed by atoms with Crippen molar-refractivity contribution in [2.24, 2.45) is 0 Å². The second kappa shape index (κ2) is 7.08. The Bertz CT molecular complexity index is 492. The van der Waals surface area contributed by atoms with E-state index >= 15 is 0 Å². The Balaban J connectivity index is 1.99. The minimum Gasteiger partial charge on any atom is -0.480 e. The van der Waals surface area contributed by atoms with Crippen molar-refractivity contribution in [3.63, 3.8) is 0 Å². The molecule has 1 heterocycles. The summed E-state index contributed by atoms with van der Waals surface area (Å²) in [5.74, 6) is -1.06. The first kappa shape index (κ1) is 15.3. The van der Waals surface area contributed by atoms with Crippen LogP contribution in [0.5, 0.6) is 0 Å². The molecule has 2 rings (SSSR count). The molecule has 0 saturated carbocycles. The maximum atomic E-state index is 12.2. The van der Waals surface area contributed by atoms with E-state index < -0.39 is 18.0 Å². The number of hydrogen-bond donors (Lipinski definition) is 3. The summed E-state index contributed by atoms with van der Waals surface area (Å²) in [4.78, 5) is 25.0. The first-order chi connectivity index (χ1) is 10.1. The lowest BCUT2D eigenvalue weighted by molar-refractivity contribution is -0.139. The third-order valence-corrected chi connectivity index (χ3v) is 3.73. The Morgan fingerprint density at radius 2 is 2.05 bits per heavy atom. The molecule has 2 amide bonds. The van der Waals surface area contributed by atoms with Crippen LogP contribution in [0.1, 0.15) is 18.4 Å². The fraction of sp³-hybridized carbons (Fsp3) is 0.467. The third kappa shape index (κ3) is 3.95. The van der Waals surface area contributed by atoms with Gasteiger partial charge in [0.25, 0.3) is 0 Å². The summed E-state index contributed by atoms with van der Waals surface area (Å²) >= 11 is 0. The lowest BCUT2D eigenvalue weighted by Gasteiger charge is -2.25. The highest BCUT2D eigenvalue weighted by molar-refractivity contribution is 5.83. The molecule has 6 nitrogen and oxygen atoms in total. The fourth-order valence-corrected chi connectivity index (χ4v) is 2.57. The number of carboxylic acid groups (broad SMARTS) is 1. The van der Waals surface area contributed by atoms with Crippen LogP contribution in [0.3, 0.4) is 0 Å². The van der Waals surface area contributed by atoms with Crippen LogP contribution in [0, 0.1) is 0 Å². The van der Waals surface area contributed by atoms with Gasteiger partial charge in [-0.05, 0) is 18.4 Å². The van der Waals surface area contributed by atoms with E-state index in [1.54, 1.807) is 0 Å². The maximum Gasteiger partial charge on any atom is 0.326 e. The number of hydrogen-bond acceptors (Lipinski definition) is 3. The summed E-state index contributed by atoms with van der Waals surface area (Å²) in [5.41, 5.74) is 0.852. The average molecular weight is 292 g/mol. The highest BCUT2D eigenvalue weighted by Gasteiger charge is 2.30. The standard InChI is InChI=1S/C15H20N2O4/c18-10-12-7-4-8-17(12)15(21)16-13(14(19)20)9-11-5-2-1-3-6-11/h1-3,5-6,12-13,18H,4,7-10H2,(H,16,21)(H,19,20)/t12?,13-/m1/s1. The third-order valence-electron chi connectivity index (χ3n) is 3.73. The number of urea groups is 1. The molecule has 2 atom stereocenters. The van der Waals surface area contributed by atoms with Gasteiger partial charge < -0.3 is 20.4 Å². The van der Waals surface area contributed by atoms with Gasteiger partial charge in [-0.3, -0.25) is 0 Å². The second-order valence-corrected chi connectivity index (χ2v) is 5.20. The number of benzene rings is 1. The van der Waals surface area contributed by atoms with Crippen molar-refractivity contribution in [1.29, 1.82) is 0 Å². The number of rotatable bonds is 5. The molecule has 3 N–H and O–H groups in total. The average Bonchev–Trinajstić information content (AvgIpc) is 2.96. The Morgan fingerprint density at radius 3 is 2.67 bits per heavy atom. The molecule has 6 heteroatoms. The molecule has 21 heavy (non-hydrogen) atoms. The van der Waals surface area contributed by atoms with Gasteiger partial charge in [-0.15, -0.1) is 0 Å². The molecule has 0 bridgehead atoms. The van der Waals surface area contributed by atoms with Crippen molar-refractivity contribution in [3.8, 4) is 0 Å². The summed E-state index contributed by atoms with van der Waals surface area (Å²) < 4.78 is 0. The van der Waals surface area contributed by atoms with Gasteiger partial charge in [0.1, 0.15) is 6.04 Å². The van der Waals surface area contributed by atoms with Gasteiger partial charge in [0.05, 0.1) is 12.6 Å². The summed E-state index contributed by atoms with van der Waals surface area (Å²) in [6, 6.07) is 7.57. The number of amides is 2. The van der Waals surface area contributed by atoms with E-state index in [1.165, 1.54) is 4.90 Å². The number of nitrogens with one attached hydrogen (secondary N) is 1. The molecule has 1 unspecified atom stereocenters. The Labute approximate surface area is 123 Å². The van der Waals surface area contributed by atoms with E-state index in [1.807, 2.05) is 30.3 Å². The zero-order valence-corrected chi connectivity index (χ0v) is 11.7. The molecule has 1 aliphatic rings. The lowest BCUT2D eigenvalue weighted by atomic mass is 10.1. The number of carbonyl (C=O) groups is 2. The highest BCUT2D eigenvalue weighted by Crippen LogP contribution is 2.16. The van der Waals surface area contributed by atoms with Gasteiger partial charge in [-0.25, -0.2) is 9.59 Å². The quantitative estimate of drug-likeness (QED) is 0.750. The molecule has 1 saturated heterocycles. The highest BCUT2D eigenvalue weighted by atomic mass is 16.4. The molecular formula is C15H20N2O4. The normalized spacial score (nSPS) is 19.3. The Kier molecular flexibility index (Phi) is 5.16. The number of likely N-dealkylation sites (tertiary alicyclic amines) is 1. The van der Waals surface area contributed by atoms with E-state index in [0.717, 1.165) is 18.4 Å². The smallest absolute Gasteiger partial charge is 0.326 e. The molecule has 0 aromatic heterocycles. The van der Waals surface area contributed by atoms with E-state index in [9.17, 15) is 19.8 Å². The Morgan fingerprint density at radius 1 is 1.33 bits per heavy atom. The van der Waals surface area contributed by atoms with Crippen LogP contribution in [0.2, 0.25) is 0 Å². The van der Waals surface area contributed by atoms with Gasteiger partial charge in [0, 0.05) is 13.0 Å². The van der Waals surface area contributed by atoms with Crippen LogP contribution < -0.4 is 5.32 Å². The number of carbonyl (C=O) groups excluding carboxylic acids is 1. The second-order valence-electron chi connectivity index (χ2n) is 5.20. The molecule has 0 radical (unpaired) electrons. The van der Waals surface area contributed by atoms with Crippen molar-refractivity contribution < 1.29 is 19.8 Å². The number of aliphatic hydroxyl groups is 1. The summed E-state index contributed by atoms with van der Waals surface area (Å²) in [7, 11) is 0. The first-order valence-corrected chi connectivity index (χ1v) is 7.06. The van der Waals surface area contributed by atoms with Gasteiger partial charge in [0.15, 0.2) is 0 Å². The SMILES string of the molecule is O=C(O)[C@@H](Cc1ccccc1)NC(=O)N1CCCC1CO. The first-order valence-electron chi connectivity index (χ1n) is 7.06. The van der Waals surface area contributed by atoms with Crippen molar-refractivity contribution in [2.75, 3.05) is 13.2 Å². The van der Waals surface area contributed by atoms with E-state index in [2.05, 4.69) is 5.32 Å². The van der Waals surface area contributed by atoms with Gasteiger partial charge in [-0.1, -0.05) is 30.3 Å². The van der Waals surface area contributed by atoms with Gasteiger partial charge in [-0.2, -0.15) is 0 Å². The van der Waals surface area contributed by atoms with Crippen LogP contribution in [0.25, 0.3) is 0 Å². The predicted molar refractivity (Wildman–Crippen MR) is 76.9 cm³/mol.